The first-order chi connectivity index (χ1) is 22.4. The topological polar surface area (TPSA) is 100 Å². The Hall–Kier alpha value is -0.240. The second-order valence-electron chi connectivity index (χ2n) is 24.4. The molecule has 6 nitrogen and oxygen atoms in total. The Labute approximate surface area is 310 Å². The number of rotatable bonds is 6. The Balaban J connectivity index is 1.94. The van der Waals surface area contributed by atoms with Gasteiger partial charge < -0.3 is 32.7 Å². The average Bonchev–Trinajstić information content (AvgIpc) is 2.85. The van der Waals surface area contributed by atoms with Gasteiger partial charge in [0.15, 0.2) is 0 Å². The minimum atomic E-state index is -0.0304. The Morgan fingerprint density at radius 3 is 0.760 bits per heavy atom. The number of piperidine rings is 4. The highest BCUT2D eigenvalue weighted by atomic mass is 15.1. The summed E-state index contributed by atoms with van der Waals surface area (Å²) in [5.74, 6) is 2.07. The van der Waals surface area contributed by atoms with Crippen molar-refractivity contribution >= 4 is 0 Å². The maximum atomic E-state index is 7.71. The van der Waals surface area contributed by atoms with Crippen LogP contribution in [0, 0.1) is 39.9 Å². The fraction of sp³-hybridized carbons (Fsp3) is 1.00. The van der Waals surface area contributed by atoms with E-state index in [1.54, 1.807) is 0 Å². The predicted molar refractivity (Wildman–Crippen MR) is 215 cm³/mol. The van der Waals surface area contributed by atoms with E-state index >= 15 is 0 Å². The molecular weight excluding hydrogens is 613 g/mol. The smallest absolute Gasteiger partial charge is 0.0132 e. The van der Waals surface area contributed by atoms with Gasteiger partial charge in [-0.25, -0.2) is 0 Å². The van der Waals surface area contributed by atoms with Gasteiger partial charge >= 0.3 is 0 Å². The lowest BCUT2D eigenvalue weighted by Gasteiger charge is -2.77. The van der Waals surface area contributed by atoms with Gasteiger partial charge in [0.2, 0.25) is 0 Å². The molecule has 0 aromatic rings. The summed E-state index contributed by atoms with van der Waals surface area (Å²) in [5.41, 5.74) is 15.6. The third-order valence-corrected chi connectivity index (χ3v) is 15.2. The highest BCUT2D eigenvalue weighted by molar-refractivity contribution is 5.26. The van der Waals surface area contributed by atoms with E-state index in [0.717, 1.165) is 13.1 Å². The number of nitrogens with one attached hydrogen (secondary N) is 4. The maximum absolute atomic E-state index is 7.71. The zero-order chi connectivity index (χ0) is 37.8. The van der Waals surface area contributed by atoms with Gasteiger partial charge in [-0.05, 0) is 228 Å². The molecule has 0 aromatic carbocycles. The van der Waals surface area contributed by atoms with Crippen molar-refractivity contribution in [3.63, 3.8) is 0 Å². The third-order valence-electron chi connectivity index (χ3n) is 15.2. The molecule has 5 fully saturated rings. The van der Waals surface area contributed by atoms with Crippen LogP contribution >= 0.6 is 0 Å². The molecule has 0 aromatic heterocycles. The molecule has 50 heavy (non-hydrogen) atoms. The SMILES string of the molecule is CC1(C)CC(C2(CN)CCCC(CN)(C3CC(C)(C)NC(C)(C)C3)C2(C2CC(C)(C)NC(C)(C)C2)C2CC(C)(C)NC(C)(C)C2)CC(C)(C)N1. The lowest BCUT2D eigenvalue weighted by atomic mass is 9.29. The lowest BCUT2D eigenvalue weighted by Crippen LogP contribution is -2.78. The third kappa shape index (κ3) is 7.28. The molecule has 4 aliphatic heterocycles. The van der Waals surface area contributed by atoms with Gasteiger partial charge in [0.05, 0.1) is 0 Å². The summed E-state index contributed by atoms with van der Waals surface area (Å²) in [7, 11) is 0. The molecule has 5 rings (SSSR count). The molecule has 0 radical (unpaired) electrons. The van der Waals surface area contributed by atoms with E-state index in [9.17, 15) is 0 Å². The standard InChI is InChI=1S/C44H86N6/c1-34(2)20-30(21-35(3,4)47-34)42(28-45)18-17-19-43(29-46,31-22-36(5,6)48-37(7,8)23-31)44(42,32-24-38(9,10)49-39(11,12)25-32)33-26-40(13,14)50-41(15,16)27-33/h30-33,47-50H,17-29,45-46H2,1-16H3. The quantitative estimate of drug-likeness (QED) is 0.167. The van der Waals surface area contributed by atoms with Crippen molar-refractivity contribution in [2.45, 2.75) is 226 Å². The van der Waals surface area contributed by atoms with Crippen LogP contribution < -0.4 is 32.7 Å². The first-order valence-electron chi connectivity index (χ1n) is 21.0. The highest BCUT2D eigenvalue weighted by Gasteiger charge is 2.75. The van der Waals surface area contributed by atoms with E-state index in [1.807, 2.05) is 0 Å². The van der Waals surface area contributed by atoms with Crippen molar-refractivity contribution in [1.29, 1.82) is 0 Å². The minimum absolute atomic E-state index is 0.0226. The van der Waals surface area contributed by atoms with Gasteiger partial charge in [0, 0.05) is 44.3 Å². The molecule has 5 aliphatic rings. The van der Waals surface area contributed by atoms with Gasteiger partial charge in [0.25, 0.3) is 0 Å². The van der Waals surface area contributed by atoms with Crippen molar-refractivity contribution in [2.24, 2.45) is 51.4 Å². The van der Waals surface area contributed by atoms with Crippen LogP contribution in [0.15, 0.2) is 0 Å². The van der Waals surface area contributed by atoms with Gasteiger partial charge in [-0.15, -0.1) is 0 Å². The second-order valence-corrected chi connectivity index (χ2v) is 24.4. The van der Waals surface area contributed by atoms with Crippen molar-refractivity contribution in [3.05, 3.63) is 0 Å². The van der Waals surface area contributed by atoms with Gasteiger partial charge in [-0.1, -0.05) is 6.42 Å². The van der Waals surface area contributed by atoms with Crippen LogP contribution in [-0.4, -0.2) is 57.4 Å². The number of hydrogen-bond acceptors (Lipinski definition) is 6. The Kier molecular flexibility index (Phi) is 10.1. The monoisotopic (exact) mass is 699 g/mol. The van der Waals surface area contributed by atoms with Crippen molar-refractivity contribution in [1.82, 2.24) is 21.3 Å². The van der Waals surface area contributed by atoms with Crippen molar-refractivity contribution in [3.8, 4) is 0 Å². The Morgan fingerprint density at radius 2 is 0.560 bits per heavy atom. The molecule has 8 N–H and O–H groups in total. The van der Waals surface area contributed by atoms with Crippen LogP contribution in [0.3, 0.4) is 0 Å². The van der Waals surface area contributed by atoms with Crippen LogP contribution in [0.2, 0.25) is 0 Å². The Bertz CT molecular complexity index is 1080. The maximum Gasteiger partial charge on any atom is 0.0132 e. The summed E-state index contributed by atoms with van der Waals surface area (Å²) in [6, 6.07) is 0. The molecule has 1 aliphatic carbocycles. The largest absolute Gasteiger partial charge is 0.330 e. The fourth-order valence-corrected chi connectivity index (χ4v) is 16.3. The average molecular weight is 699 g/mol. The minimum Gasteiger partial charge on any atom is -0.330 e. The first kappa shape index (κ1) is 40.9. The molecule has 1 saturated carbocycles. The molecule has 292 valence electrons. The summed E-state index contributed by atoms with van der Waals surface area (Å²) in [6.45, 7) is 41.2. The zero-order valence-electron chi connectivity index (χ0n) is 36.2. The highest BCUT2D eigenvalue weighted by Crippen LogP contribution is 2.77. The number of hydrogen-bond donors (Lipinski definition) is 6. The summed E-state index contributed by atoms with van der Waals surface area (Å²) < 4.78 is 0. The van der Waals surface area contributed by atoms with Crippen LogP contribution in [-0.2, 0) is 0 Å². The Morgan fingerprint density at radius 1 is 0.360 bits per heavy atom. The van der Waals surface area contributed by atoms with Crippen molar-refractivity contribution < 1.29 is 0 Å². The number of nitrogens with two attached hydrogens (primary N) is 2. The molecule has 2 atom stereocenters. The van der Waals surface area contributed by atoms with Crippen LogP contribution in [0.5, 0.6) is 0 Å². The fourth-order valence-electron chi connectivity index (χ4n) is 16.3. The van der Waals surface area contributed by atoms with E-state index in [4.69, 9.17) is 11.5 Å². The zero-order valence-corrected chi connectivity index (χ0v) is 36.2. The molecule has 6 heteroatoms. The van der Waals surface area contributed by atoms with E-state index in [0.29, 0.717) is 23.7 Å². The summed E-state index contributed by atoms with van der Waals surface area (Å²) in [5, 5.41) is 16.5. The van der Waals surface area contributed by atoms with Crippen LogP contribution in [0.25, 0.3) is 0 Å². The molecule has 4 saturated heterocycles. The van der Waals surface area contributed by atoms with Crippen molar-refractivity contribution in [2.75, 3.05) is 13.1 Å². The molecular formula is C44H86N6. The lowest BCUT2D eigenvalue weighted by molar-refractivity contribution is -0.274. The molecule has 0 bridgehead atoms. The molecule has 0 spiro atoms. The summed E-state index contributed by atoms with van der Waals surface area (Å²) in [6.07, 6.45) is 13.1. The second kappa shape index (κ2) is 12.4. The van der Waals surface area contributed by atoms with Gasteiger partial charge in [-0.3, -0.25) is 0 Å². The van der Waals surface area contributed by atoms with E-state index < -0.39 is 0 Å². The summed E-state index contributed by atoms with van der Waals surface area (Å²) in [4.78, 5) is 0. The van der Waals surface area contributed by atoms with E-state index in [2.05, 4.69) is 132 Å². The van der Waals surface area contributed by atoms with E-state index in [1.165, 1.54) is 70.6 Å². The van der Waals surface area contributed by atoms with Gasteiger partial charge in [-0.2, -0.15) is 0 Å². The molecule has 0 amide bonds. The van der Waals surface area contributed by atoms with E-state index in [-0.39, 0.29) is 60.6 Å². The predicted octanol–water partition coefficient (Wildman–Crippen LogP) is 8.27. The molecule has 2 unspecified atom stereocenters. The molecule has 4 heterocycles. The normalized spacial score (nSPS) is 38.0. The first-order valence-corrected chi connectivity index (χ1v) is 21.0. The van der Waals surface area contributed by atoms with Crippen LogP contribution in [0.1, 0.15) is 181 Å². The summed E-state index contributed by atoms with van der Waals surface area (Å²) >= 11 is 0. The van der Waals surface area contributed by atoms with Crippen LogP contribution in [0.4, 0.5) is 0 Å². The van der Waals surface area contributed by atoms with Gasteiger partial charge in [0.1, 0.15) is 0 Å².